The Hall–Kier alpha value is -3.59. The largest absolute Gasteiger partial charge is 0.507 e. The number of hydrogen-bond acceptors (Lipinski definition) is 6. The number of rotatable bonds is 7. The Morgan fingerprint density at radius 3 is 2.24 bits per heavy atom. The Morgan fingerprint density at radius 1 is 1.03 bits per heavy atom. The number of aromatic hydroxyl groups is 1. The number of nitrogens with one attached hydrogen (secondary N) is 2. The summed E-state index contributed by atoms with van der Waals surface area (Å²) in [5.41, 5.74) is 1.30. The van der Waals surface area contributed by atoms with Gasteiger partial charge in [-0.25, -0.2) is 4.79 Å². The van der Waals surface area contributed by atoms with Crippen LogP contribution >= 0.6 is 0 Å². The lowest BCUT2D eigenvalue weighted by Crippen LogP contribution is -2.52. The van der Waals surface area contributed by atoms with E-state index in [1.54, 1.807) is 58.0 Å². The van der Waals surface area contributed by atoms with Crippen LogP contribution in [0.5, 0.6) is 5.75 Å². The van der Waals surface area contributed by atoms with E-state index in [1.165, 1.54) is 7.05 Å². The van der Waals surface area contributed by atoms with Gasteiger partial charge in [-0.3, -0.25) is 9.59 Å². The fourth-order valence-corrected chi connectivity index (χ4v) is 3.35. The first kappa shape index (κ1) is 26.7. The summed E-state index contributed by atoms with van der Waals surface area (Å²) in [4.78, 5) is 39.9. The van der Waals surface area contributed by atoms with Gasteiger partial charge in [-0.15, -0.1) is 0 Å². The number of amides is 3. The molecule has 2 aromatic rings. The molecular formula is C25H33N3O6. The monoisotopic (exact) mass is 471 g/mol. The predicted molar refractivity (Wildman–Crippen MR) is 128 cm³/mol. The van der Waals surface area contributed by atoms with Crippen molar-refractivity contribution in [3.63, 3.8) is 0 Å². The molecule has 0 aromatic heterocycles. The van der Waals surface area contributed by atoms with E-state index < -0.39 is 42.2 Å². The second-order valence-corrected chi connectivity index (χ2v) is 9.05. The summed E-state index contributed by atoms with van der Waals surface area (Å²) < 4.78 is 5.17. The van der Waals surface area contributed by atoms with Crippen molar-refractivity contribution in [2.24, 2.45) is 0 Å². The highest BCUT2D eigenvalue weighted by molar-refractivity contribution is 5.99. The molecule has 0 saturated heterocycles. The zero-order valence-corrected chi connectivity index (χ0v) is 20.4. The number of phenols is 1. The molecule has 0 aliphatic heterocycles. The van der Waals surface area contributed by atoms with Gasteiger partial charge >= 0.3 is 6.09 Å². The minimum Gasteiger partial charge on any atom is -0.507 e. The van der Waals surface area contributed by atoms with Crippen LogP contribution in [0.2, 0.25) is 0 Å². The number of benzene rings is 2. The SMILES string of the molecule is Cc1ccccc1NC(=O)C(c1cccc(C)c1O)N(C)C(=O)C(CO)NC(=O)OC(C)(C)C. The fraction of sp³-hybridized carbons (Fsp3) is 0.400. The lowest BCUT2D eigenvalue weighted by molar-refractivity contribution is -0.139. The number of aryl methyl sites for hydroxylation is 2. The van der Waals surface area contributed by atoms with E-state index in [1.807, 2.05) is 19.1 Å². The van der Waals surface area contributed by atoms with Crippen molar-refractivity contribution in [2.75, 3.05) is 19.0 Å². The molecular weight excluding hydrogens is 438 g/mol. The average molecular weight is 472 g/mol. The zero-order valence-electron chi connectivity index (χ0n) is 20.4. The van der Waals surface area contributed by atoms with Crippen molar-refractivity contribution in [2.45, 2.75) is 52.3 Å². The van der Waals surface area contributed by atoms with Gasteiger partial charge in [-0.1, -0.05) is 36.4 Å². The van der Waals surface area contributed by atoms with Crippen molar-refractivity contribution in [1.29, 1.82) is 0 Å². The summed E-state index contributed by atoms with van der Waals surface area (Å²) in [6.45, 7) is 7.80. The lowest BCUT2D eigenvalue weighted by atomic mass is 9.99. The Labute approximate surface area is 199 Å². The van der Waals surface area contributed by atoms with Gasteiger partial charge in [-0.05, 0) is 51.8 Å². The van der Waals surface area contributed by atoms with E-state index in [4.69, 9.17) is 4.74 Å². The minimum atomic E-state index is -1.36. The van der Waals surface area contributed by atoms with Crippen molar-refractivity contribution in [3.8, 4) is 5.75 Å². The molecule has 0 bridgehead atoms. The molecule has 0 radical (unpaired) electrons. The molecule has 184 valence electrons. The molecule has 34 heavy (non-hydrogen) atoms. The Morgan fingerprint density at radius 2 is 1.65 bits per heavy atom. The second-order valence-electron chi connectivity index (χ2n) is 9.05. The van der Waals surface area contributed by atoms with Crippen LogP contribution in [-0.2, 0) is 14.3 Å². The molecule has 9 nitrogen and oxygen atoms in total. The van der Waals surface area contributed by atoms with Gasteiger partial charge in [0.1, 0.15) is 23.4 Å². The highest BCUT2D eigenvalue weighted by Gasteiger charge is 2.35. The van der Waals surface area contributed by atoms with Crippen molar-refractivity contribution < 1.29 is 29.3 Å². The molecule has 2 rings (SSSR count). The topological polar surface area (TPSA) is 128 Å². The van der Waals surface area contributed by atoms with Crippen molar-refractivity contribution >= 4 is 23.6 Å². The Balaban J connectivity index is 2.39. The molecule has 0 saturated carbocycles. The molecule has 0 spiro atoms. The van der Waals surface area contributed by atoms with Crippen LogP contribution in [0.25, 0.3) is 0 Å². The standard InChI is InChI=1S/C25H33N3O6/c1-15-10-7-8-13-18(15)26-22(31)20(17-12-9-11-16(2)21(17)30)28(6)23(32)19(14-29)27-24(33)34-25(3,4)5/h7-13,19-20,29-30H,14H2,1-6H3,(H,26,31)(H,27,33). The zero-order chi connectivity index (χ0) is 25.6. The van der Waals surface area contributed by atoms with Gasteiger partial charge in [0.2, 0.25) is 5.91 Å². The van der Waals surface area contributed by atoms with Gasteiger partial charge in [-0.2, -0.15) is 0 Å². The van der Waals surface area contributed by atoms with E-state index in [2.05, 4.69) is 10.6 Å². The third kappa shape index (κ3) is 6.71. The van der Waals surface area contributed by atoms with Crippen LogP contribution in [0.3, 0.4) is 0 Å². The van der Waals surface area contributed by atoms with Crippen LogP contribution in [0.15, 0.2) is 42.5 Å². The summed E-state index contributed by atoms with van der Waals surface area (Å²) in [6, 6.07) is 9.43. The number of hydrogen-bond donors (Lipinski definition) is 4. The highest BCUT2D eigenvalue weighted by Crippen LogP contribution is 2.32. The first-order valence-electron chi connectivity index (χ1n) is 10.9. The summed E-state index contributed by atoms with van der Waals surface area (Å²) in [7, 11) is 1.37. The molecule has 0 heterocycles. The molecule has 0 aliphatic rings. The number of nitrogens with zero attached hydrogens (tertiary/aromatic N) is 1. The average Bonchev–Trinajstić information content (AvgIpc) is 2.75. The number of anilines is 1. The van der Waals surface area contributed by atoms with E-state index >= 15 is 0 Å². The molecule has 2 unspecified atom stereocenters. The number of para-hydroxylation sites is 2. The number of likely N-dealkylation sites (N-methyl/N-ethyl adjacent to an activating group) is 1. The van der Waals surface area contributed by atoms with E-state index in [9.17, 15) is 24.6 Å². The first-order chi connectivity index (χ1) is 15.9. The highest BCUT2D eigenvalue weighted by atomic mass is 16.6. The van der Waals surface area contributed by atoms with E-state index in [0.29, 0.717) is 11.3 Å². The van der Waals surface area contributed by atoms with E-state index in [0.717, 1.165) is 10.5 Å². The Bertz CT molecular complexity index is 1050. The third-order valence-electron chi connectivity index (χ3n) is 5.12. The van der Waals surface area contributed by atoms with Crippen LogP contribution in [0, 0.1) is 13.8 Å². The maximum absolute atomic E-state index is 13.4. The Kier molecular flexibility index (Phi) is 8.64. The number of alkyl carbamates (subject to hydrolysis) is 1. The third-order valence-corrected chi connectivity index (χ3v) is 5.12. The fourth-order valence-electron chi connectivity index (χ4n) is 3.35. The quantitative estimate of drug-likeness (QED) is 0.491. The van der Waals surface area contributed by atoms with Crippen LogP contribution in [0.4, 0.5) is 10.5 Å². The summed E-state index contributed by atoms with van der Waals surface area (Å²) in [5.74, 6) is -1.44. The molecule has 2 atom stereocenters. The van der Waals surface area contributed by atoms with Gasteiger partial charge in [0.15, 0.2) is 0 Å². The molecule has 4 N–H and O–H groups in total. The smallest absolute Gasteiger partial charge is 0.408 e. The van der Waals surface area contributed by atoms with Gasteiger partial charge < -0.3 is 30.5 Å². The number of aliphatic hydroxyl groups is 1. The van der Waals surface area contributed by atoms with Crippen LogP contribution < -0.4 is 10.6 Å². The molecule has 3 amide bonds. The van der Waals surface area contributed by atoms with Gasteiger partial charge in [0.05, 0.1) is 6.61 Å². The molecule has 9 heteroatoms. The molecule has 2 aromatic carbocycles. The van der Waals surface area contributed by atoms with Crippen LogP contribution in [-0.4, -0.2) is 58.3 Å². The maximum atomic E-state index is 13.4. The molecule has 0 fully saturated rings. The first-order valence-corrected chi connectivity index (χ1v) is 10.9. The van der Waals surface area contributed by atoms with E-state index in [-0.39, 0.29) is 11.3 Å². The summed E-state index contributed by atoms with van der Waals surface area (Å²) >= 11 is 0. The maximum Gasteiger partial charge on any atom is 0.408 e. The van der Waals surface area contributed by atoms with Gasteiger partial charge in [0.25, 0.3) is 5.91 Å². The second kappa shape index (κ2) is 11.0. The minimum absolute atomic E-state index is 0.132. The summed E-state index contributed by atoms with van der Waals surface area (Å²) in [5, 5.41) is 25.6. The summed E-state index contributed by atoms with van der Waals surface area (Å²) in [6.07, 6.45) is -0.882. The lowest BCUT2D eigenvalue weighted by Gasteiger charge is -2.31. The molecule has 0 aliphatic carbocycles. The van der Waals surface area contributed by atoms with Gasteiger partial charge in [0, 0.05) is 18.3 Å². The number of phenolic OH excluding ortho intramolecular Hbond substituents is 1. The van der Waals surface area contributed by atoms with Crippen LogP contribution in [0.1, 0.15) is 43.5 Å². The predicted octanol–water partition coefficient (Wildman–Crippen LogP) is 3.03. The normalized spacial score (nSPS) is 12.9. The number of carbonyl (C=O) groups is 3. The van der Waals surface area contributed by atoms with Crippen molar-refractivity contribution in [3.05, 3.63) is 59.2 Å². The number of aliphatic hydroxyl groups excluding tert-OH is 1. The van der Waals surface area contributed by atoms with Crippen molar-refractivity contribution in [1.82, 2.24) is 10.2 Å². The number of carbonyl (C=O) groups excluding carboxylic acids is 3. The number of ether oxygens (including phenoxy) is 1.